The first kappa shape index (κ1) is 20.7. The quantitative estimate of drug-likeness (QED) is 0.566. The molecule has 6 nitrogen and oxygen atoms in total. The van der Waals surface area contributed by atoms with Gasteiger partial charge in [0, 0.05) is 18.2 Å². The molecular formula is C24H31N5O. The van der Waals surface area contributed by atoms with Gasteiger partial charge in [0.05, 0.1) is 17.9 Å². The van der Waals surface area contributed by atoms with Crippen LogP contribution >= 0.6 is 0 Å². The van der Waals surface area contributed by atoms with E-state index in [9.17, 15) is 0 Å². The van der Waals surface area contributed by atoms with Crippen LogP contribution in [0.15, 0.2) is 30.3 Å². The maximum absolute atomic E-state index is 5.73. The number of pyridine rings is 1. The molecule has 6 heteroatoms. The second-order valence-electron chi connectivity index (χ2n) is 8.22. The van der Waals surface area contributed by atoms with Crippen molar-refractivity contribution in [2.75, 3.05) is 13.7 Å². The summed E-state index contributed by atoms with van der Waals surface area (Å²) in [4.78, 5) is 5.35. The van der Waals surface area contributed by atoms with Crippen LogP contribution in [0.5, 0.6) is 0 Å². The van der Waals surface area contributed by atoms with E-state index in [0.29, 0.717) is 12.4 Å². The summed E-state index contributed by atoms with van der Waals surface area (Å²) in [5.74, 6) is 0.616. The van der Waals surface area contributed by atoms with E-state index in [4.69, 9.17) is 9.72 Å². The normalized spacial score (nSPS) is 14.4. The topological polar surface area (TPSA) is 76.6 Å². The minimum Gasteiger partial charge on any atom is -0.384 e. The van der Waals surface area contributed by atoms with Gasteiger partial charge < -0.3 is 4.74 Å². The first-order valence-corrected chi connectivity index (χ1v) is 11.1. The van der Waals surface area contributed by atoms with Gasteiger partial charge in [0.25, 0.3) is 0 Å². The van der Waals surface area contributed by atoms with Gasteiger partial charge in [-0.3, -0.25) is 4.98 Å². The molecule has 0 aliphatic heterocycles. The summed E-state index contributed by atoms with van der Waals surface area (Å²) in [5, 5.41) is 15.4. The Kier molecular flexibility index (Phi) is 6.23. The Balaban J connectivity index is 2.11. The third kappa shape index (κ3) is 3.65. The number of methoxy groups -OCH3 is 1. The zero-order chi connectivity index (χ0) is 21.0. The molecule has 3 aromatic rings. The molecule has 1 aliphatic carbocycles. The number of hydrogen-bond donors (Lipinski definition) is 1. The fraction of sp³-hybridized carbons (Fsp3) is 0.500. The van der Waals surface area contributed by atoms with E-state index in [-0.39, 0.29) is 5.41 Å². The van der Waals surface area contributed by atoms with Gasteiger partial charge in [-0.25, -0.2) is 0 Å². The molecule has 158 valence electrons. The van der Waals surface area contributed by atoms with Crippen molar-refractivity contribution in [2.24, 2.45) is 0 Å². The number of fused-ring (bicyclic) bond motifs is 1. The van der Waals surface area contributed by atoms with Crippen LogP contribution in [-0.2, 0) is 23.0 Å². The average Bonchev–Trinajstić information content (AvgIpc) is 3.22. The Bertz CT molecular complexity index is 965. The fourth-order valence-electron chi connectivity index (χ4n) is 4.85. The molecule has 0 bridgehead atoms. The predicted octanol–water partition coefficient (Wildman–Crippen LogP) is 4.90. The van der Waals surface area contributed by atoms with E-state index in [1.807, 2.05) is 0 Å². The summed E-state index contributed by atoms with van der Waals surface area (Å²) in [6.07, 6.45) is 7.53. The molecule has 0 fully saturated rings. The molecule has 0 spiro atoms. The van der Waals surface area contributed by atoms with Gasteiger partial charge in [-0.15, -0.1) is 10.2 Å². The Morgan fingerprint density at radius 3 is 2.43 bits per heavy atom. The van der Waals surface area contributed by atoms with Crippen molar-refractivity contribution in [3.8, 4) is 22.5 Å². The minimum absolute atomic E-state index is 0.199. The lowest BCUT2D eigenvalue weighted by Crippen LogP contribution is -2.33. The molecule has 2 aromatic heterocycles. The molecular weight excluding hydrogens is 374 g/mol. The monoisotopic (exact) mass is 405 g/mol. The highest BCUT2D eigenvalue weighted by Gasteiger charge is 2.37. The minimum atomic E-state index is -0.199. The summed E-state index contributed by atoms with van der Waals surface area (Å²) >= 11 is 0. The number of hydrogen-bond acceptors (Lipinski definition) is 5. The summed E-state index contributed by atoms with van der Waals surface area (Å²) in [7, 11) is 1.77. The lowest BCUT2D eigenvalue weighted by Gasteiger charge is -2.34. The summed E-state index contributed by atoms with van der Waals surface area (Å²) in [6.45, 7) is 5.06. The van der Waals surface area contributed by atoms with Crippen molar-refractivity contribution in [3.05, 3.63) is 47.3 Å². The Hall–Kier alpha value is -2.60. The zero-order valence-electron chi connectivity index (χ0n) is 18.2. The standard InChI is InChI=1S/C24H31N5O/c1-4-24(5-2,16-30-3)22-21(23-26-28-29-27-23)20(17-12-8-6-9-13-17)18-14-10-7-11-15-19(18)25-22/h6,8-9,12-13H,4-5,7,10-11,14-16H2,1-3H3,(H,26,27,28,29). The molecule has 30 heavy (non-hydrogen) atoms. The van der Waals surface area contributed by atoms with E-state index < -0.39 is 0 Å². The maximum atomic E-state index is 5.73. The number of nitrogens with one attached hydrogen (secondary N) is 1. The SMILES string of the molecule is CCC(CC)(COC)c1nc2c(c(-c3ccccc3)c1-c1nn[nH]n1)CCCCC2. The highest BCUT2D eigenvalue weighted by Crippen LogP contribution is 2.44. The van der Waals surface area contributed by atoms with E-state index in [1.165, 1.54) is 41.6 Å². The van der Waals surface area contributed by atoms with Crippen molar-refractivity contribution in [3.63, 3.8) is 0 Å². The zero-order valence-corrected chi connectivity index (χ0v) is 18.2. The highest BCUT2D eigenvalue weighted by atomic mass is 16.5. The van der Waals surface area contributed by atoms with Crippen LogP contribution in [0, 0.1) is 0 Å². The smallest absolute Gasteiger partial charge is 0.207 e. The number of tetrazole rings is 1. The molecule has 0 saturated carbocycles. The van der Waals surface area contributed by atoms with Gasteiger partial charge in [-0.2, -0.15) is 5.21 Å². The maximum Gasteiger partial charge on any atom is 0.207 e. The van der Waals surface area contributed by atoms with Gasteiger partial charge in [0.2, 0.25) is 5.82 Å². The van der Waals surface area contributed by atoms with Gasteiger partial charge >= 0.3 is 0 Å². The molecule has 0 radical (unpaired) electrons. The van der Waals surface area contributed by atoms with Crippen LogP contribution in [0.4, 0.5) is 0 Å². The summed E-state index contributed by atoms with van der Waals surface area (Å²) in [6, 6.07) is 10.6. The van der Waals surface area contributed by atoms with Crippen LogP contribution in [0.2, 0.25) is 0 Å². The molecule has 0 saturated heterocycles. The lowest BCUT2D eigenvalue weighted by atomic mass is 9.75. The highest BCUT2D eigenvalue weighted by molar-refractivity contribution is 5.85. The number of ether oxygens (including phenoxy) is 1. The Morgan fingerprint density at radius 2 is 1.77 bits per heavy atom. The molecule has 0 atom stereocenters. The van der Waals surface area contributed by atoms with Crippen LogP contribution in [0.3, 0.4) is 0 Å². The first-order valence-electron chi connectivity index (χ1n) is 11.1. The number of rotatable bonds is 7. The number of aryl methyl sites for hydroxylation is 1. The molecule has 4 rings (SSSR count). The molecule has 1 N–H and O–H groups in total. The van der Waals surface area contributed by atoms with Gasteiger partial charge in [0.1, 0.15) is 0 Å². The van der Waals surface area contributed by atoms with Crippen molar-refractivity contribution in [1.29, 1.82) is 0 Å². The third-order valence-corrected chi connectivity index (χ3v) is 6.63. The average molecular weight is 406 g/mol. The van der Waals surface area contributed by atoms with Crippen LogP contribution < -0.4 is 0 Å². The van der Waals surface area contributed by atoms with Gasteiger partial charge in [-0.1, -0.05) is 50.6 Å². The summed E-state index contributed by atoms with van der Waals surface area (Å²) < 4.78 is 5.73. The number of aromatic amines is 1. The van der Waals surface area contributed by atoms with Crippen molar-refractivity contribution >= 4 is 0 Å². The van der Waals surface area contributed by atoms with Gasteiger partial charge in [0.15, 0.2) is 0 Å². The van der Waals surface area contributed by atoms with E-state index >= 15 is 0 Å². The van der Waals surface area contributed by atoms with Crippen LogP contribution in [0.25, 0.3) is 22.5 Å². The fourth-order valence-corrected chi connectivity index (χ4v) is 4.85. The molecule has 0 amide bonds. The number of benzene rings is 1. The predicted molar refractivity (Wildman–Crippen MR) is 118 cm³/mol. The molecule has 1 aromatic carbocycles. The third-order valence-electron chi connectivity index (χ3n) is 6.63. The summed E-state index contributed by atoms with van der Waals surface area (Å²) in [5.41, 5.74) is 6.86. The van der Waals surface area contributed by atoms with E-state index in [2.05, 4.69) is 64.8 Å². The Morgan fingerprint density at radius 1 is 1.00 bits per heavy atom. The molecule has 0 unspecified atom stereocenters. The van der Waals surface area contributed by atoms with Gasteiger partial charge in [-0.05, 0) is 60.4 Å². The first-order chi connectivity index (χ1) is 14.7. The second kappa shape index (κ2) is 9.04. The molecule has 1 aliphatic rings. The number of H-pyrrole nitrogens is 1. The van der Waals surface area contributed by atoms with Crippen molar-refractivity contribution < 1.29 is 4.74 Å². The van der Waals surface area contributed by atoms with Crippen LogP contribution in [-0.4, -0.2) is 39.3 Å². The van der Waals surface area contributed by atoms with Crippen molar-refractivity contribution in [1.82, 2.24) is 25.6 Å². The second-order valence-corrected chi connectivity index (χ2v) is 8.22. The lowest BCUT2D eigenvalue weighted by molar-refractivity contribution is 0.121. The van der Waals surface area contributed by atoms with E-state index in [0.717, 1.165) is 36.9 Å². The largest absolute Gasteiger partial charge is 0.384 e. The number of aromatic nitrogens is 5. The number of nitrogens with zero attached hydrogens (tertiary/aromatic N) is 4. The molecule has 2 heterocycles. The van der Waals surface area contributed by atoms with Crippen LogP contribution in [0.1, 0.15) is 62.9 Å². The Labute approximate surface area is 178 Å². The van der Waals surface area contributed by atoms with E-state index in [1.54, 1.807) is 7.11 Å². The van der Waals surface area contributed by atoms with Crippen molar-refractivity contribution in [2.45, 2.75) is 64.2 Å².